The number of anilines is 1. The second kappa shape index (κ2) is 10.6. The number of rotatable bonds is 6. The molecule has 5 rings (SSSR count). The maximum Gasteiger partial charge on any atom is 0.335 e. The molecule has 9 heteroatoms. The molecule has 196 valence electrons. The largest absolute Gasteiger partial charge is 0.508 e. The Morgan fingerprint density at radius 2 is 1.74 bits per heavy atom. The summed E-state index contributed by atoms with van der Waals surface area (Å²) in [6.45, 7) is 2.33. The fourth-order valence-electron chi connectivity index (χ4n) is 4.40. The molecule has 1 aliphatic heterocycles. The maximum absolute atomic E-state index is 13.2. The van der Waals surface area contributed by atoms with Crippen LogP contribution in [0.1, 0.15) is 16.7 Å². The molecule has 1 aliphatic rings. The van der Waals surface area contributed by atoms with Crippen molar-refractivity contribution in [3.63, 3.8) is 0 Å². The van der Waals surface area contributed by atoms with Crippen molar-refractivity contribution in [1.82, 2.24) is 5.32 Å². The average Bonchev–Trinajstić information content (AvgIpc) is 2.92. The number of carbonyl (C=O) groups excluding carboxylic acids is 3. The minimum atomic E-state index is -0.876. The lowest BCUT2D eigenvalue weighted by Gasteiger charge is -2.26. The minimum absolute atomic E-state index is 0.0228. The number of urea groups is 1. The Kier molecular flexibility index (Phi) is 7.08. The van der Waals surface area contributed by atoms with Gasteiger partial charge in [0.1, 0.15) is 17.9 Å². The molecule has 1 fully saturated rings. The van der Waals surface area contributed by atoms with Gasteiger partial charge in [0.25, 0.3) is 11.8 Å². The number of imide groups is 2. The van der Waals surface area contributed by atoms with Crippen LogP contribution in [0.5, 0.6) is 17.2 Å². The van der Waals surface area contributed by atoms with E-state index in [1.807, 2.05) is 19.1 Å². The molecule has 0 radical (unpaired) electrons. The Morgan fingerprint density at radius 1 is 1.00 bits per heavy atom. The summed E-state index contributed by atoms with van der Waals surface area (Å²) in [6, 6.07) is 20.2. The molecule has 0 bridgehead atoms. The molecule has 0 aromatic heterocycles. The number of fused-ring (bicyclic) bond motifs is 1. The average molecular weight is 587 g/mol. The van der Waals surface area contributed by atoms with E-state index in [0.717, 1.165) is 26.8 Å². The van der Waals surface area contributed by atoms with Crippen LogP contribution in [-0.2, 0) is 16.2 Å². The first-order chi connectivity index (χ1) is 18.8. The van der Waals surface area contributed by atoms with Crippen molar-refractivity contribution in [2.45, 2.75) is 13.5 Å². The van der Waals surface area contributed by atoms with Gasteiger partial charge >= 0.3 is 6.03 Å². The van der Waals surface area contributed by atoms with Crippen molar-refractivity contribution in [1.29, 1.82) is 0 Å². The number of barbiturate groups is 1. The van der Waals surface area contributed by atoms with Crippen LogP contribution in [0.2, 0.25) is 0 Å². The second-order valence-electron chi connectivity index (χ2n) is 8.88. The Hall–Kier alpha value is -4.63. The highest BCUT2D eigenvalue weighted by Crippen LogP contribution is 2.38. The standard InChI is InChI=1S/C30H23BrN2O6/c1-17-7-8-19-5-3-4-6-22(19)24(17)16-39-27-25(31)14-18(15-26(27)38-2)13-23-28(35)32-30(37)33(29(23)36)20-9-11-21(34)12-10-20/h3-15,34H,16H2,1-2H3,(H,32,35,37)/b23-13+. The van der Waals surface area contributed by atoms with Crippen molar-refractivity contribution in [3.8, 4) is 17.2 Å². The number of aromatic hydroxyl groups is 1. The molecule has 0 atom stereocenters. The van der Waals surface area contributed by atoms with Gasteiger partial charge in [0.15, 0.2) is 11.5 Å². The number of hydrogen-bond acceptors (Lipinski definition) is 6. The van der Waals surface area contributed by atoms with E-state index in [1.54, 1.807) is 12.1 Å². The number of methoxy groups -OCH3 is 1. The molecule has 0 saturated carbocycles. The number of halogens is 1. The molecule has 0 unspecified atom stereocenters. The van der Waals surface area contributed by atoms with E-state index in [9.17, 15) is 19.5 Å². The smallest absolute Gasteiger partial charge is 0.335 e. The highest BCUT2D eigenvalue weighted by Gasteiger charge is 2.36. The van der Waals surface area contributed by atoms with E-state index in [4.69, 9.17) is 9.47 Å². The number of carbonyl (C=O) groups is 3. The molecule has 4 aromatic carbocycles. The Bertz CT molecular complexity index is 1660. The summed E-state index contributed by atoms with van der Waals surface area (Å²) in [6.07, 6.45) is 1.38. The molecule has 4 aromatic rings. The van der Waals surface area contributed by atoms with Gasteiger partial charge in [-0.3, -0.25) is 14.9 Å². The zero-order valence-corrected chi connectivity index (χ0v) is 22.6. The molecule has 39 heavy (non-hydrogen) atoms. The first-order valence-corrected chi connectivity index (χ1v) is 12.7. The summed E-state index contributed by atoms with van der Waals surface area (Å²) in [5.41, 5.74) is 2.60. The second-order valence-corrected chi connectivity index (χ2v) is 9.73. The van der Waals surface area contributed by atoms with Crippen molar-refractivity contribution in [2.75, 3.05) is 12.0 Å². The van der Waals surface area contributed by atoms with Gasteiger partial charge in [0, 0.05) is 5.56 Å². The van der Waals surface area contributed by atoms with Crippen LogP contribution in [0.25, 0.3) is 16.8 Å². The number of phenols is 1. The Labute approximate surface area is 232 Å². The molecule has 4 amide bonds. The van der Waals surface area contributed by atoms with Crippen LogP contribution in [0.3, 0.4) is 0 Å². The van der Waals surface area contributed by atoms with Gasteiger partial charge in [-0.25, -0.2) is 9.69 Å². The van der Waals surface area contributed by atoms with E-state index < -0.39 is 17.8 Å². The quantitative estimate of drug-likeness (QED) is 0.216. The highest BCUT2D eigenvalue weighted by atomic mass is 79.9. The lowest BCUT2D eigenvalue weighted by Crippen LogP contribution is -2.54. The van der Waals surface area contributed by atoms with Gasteiger partial charge in [0.2, 0.25) is 0 Å². The minimum Gasteiger partial charge on any atom is -0.508 e. The molecular formula is C30H23BrN2O6. The number of amides is 4. The molecular weight excluding hydrogens is 564 g/mol. The Morgan fingerprint density at radius 3 is 2.49 bits per heavy atom. The summed E-state index contributed by atoms with van der Waals surface area (Å²) in [5.74, 6) is -0.778. The third-order valence-electron chi connectivity index (χ3n) is 6.41. The van der Waals surface area contributed by atoms with Crippen LogP contribution < -0.4 is 19.7 Å². The zero-order valence-electron chi connectivity index (χ0n) is 21.0. The van der Waals surface area contributed by atoms with Gasteiger partial charge in [-0.05, 0) is 87.2 Å². The van der Waals surface area contributed by atoms with Crippen molar-refractivity contribution >= 4 is 56.3 Å². The van der Waals surface area contributed by atoms with Crippen LogP contribution in [-0.4, -0.2) is 30.1 Å². The van der Waals surface area contributed by atoms with E-state index in [2.05, 4.69) is 45.5 Å². The molecule has 0 aliphatic carbocycles. The number of nitrogens with zero attached hydrogens (tertiary/aromatic N) is 1. The molecule has 8 nitrogen and oxygen atoms in total. The predicted molar refractivity (Wildman–Crippen MR) is 151 cm³/mol. The first-order valence-electron chi connectivity index (χ1n) is 11.9. The summed E-state index contributed by atoms with van der Waals surface area (Å²) < 4.78 is 12.3. The Balaban J connectivity index is 1.45. The molecule has 0 spiro atoms. The first kappa shape index (κ1) is 26.0. The number of aryl methyl sites for hydroxylation is 1. The number of benzene rings is 4. The highest BCUT2D eigenvalue weighted by molar-refractivity contribution is 9.10. The van der Waals surface area contributed by atoms with E-state index in [-0.39, 0.29) is 17.0 Å². The molecule has 1 heterocycles. The SMILES string of the molecule is COc1cc(/C=C2\C(=O)NC(=O)N(c3ccc(O)cc3)C2=O)cc(Br)c1OCc1c(C)ccc2ccccc12. The molecule has 2 N–H and O–H groups in total. The summed E-state index contributed by atoms with van der Waals surface area (Å²) in [4.78, 5) is 39.1. The van der Waals surface area contributed by atoms with Crippen LogP contribution in [0.15, 0.2) is 82.8 Å². The number of phenolic OH excluding ortho intramolecular Hbond substituents is 1. The number of nitrogens with one attached hydrogen (secondary N) is 1. The maximum atomic E-state index is 13.2. The van der Waals surface area contributed by atoms with Gasteiger partial charge in [-0.2, -0.15) is 0 Å². The van der Waals surface area contributed by atoms with Gasteiger partial charge in [-0.15, -0.1) is 0 Å². The summed E-state index contributed by atoms with van der Waals surface area (Å²) in [7, 11) is 1.50. The zero-order chi connectivity index (χ0) is 27.7. The number of ether oxygens (including phenoxy) is 2. The lowest BCUT2D eigenvalue weighted by molar-refractivity contribution is -0.122. The van der Waals surface area contributed by atoms with Crippen molar-refractivity contribution in [2.24, 2.45) is 0 Å². The number of hydrogen-bond donors (Lipinski definition) is 2. The predicted octanol–water partition coefficient (Wildman–Crippen LogP) is 5.87. The fourth-order valence-corrected chi connectivity index (χ4v) is 4.98. The van der Waals surface area contributed by atoms with Crippen LogP contribution in [0.4, 0.5) is 10.5 Å². The van der Waals surface area contributed by atoms with E-state index in [1.165, 1.54) is 37.5 Å². The van der Waals surface area contributed by atoms with E-state index in [0.29, 0.717) is 28.1 Å². The van der Waals surface area contributed by atoms with Crippen molar-refractivity contribution < 1.29 is 29.0 Å². The fraction of sp³-hybridized carbons (Fsp3) is 0.100. The van der Waals surface area contributed by atoms with Gasteiger partial charge in [-0.1, -0.05) is 36.4 Å². The van der Waals surface area contributed by atoms with Crippen LogP contribution >= 0.6 is 15.9 Å². The topological polar surface area (TPSA) is 105 Å². The molecule has 1 saturated heterocycles. The normalized spacial score (nSPS) is 14.6. The lowest BCUT2D eigenvalue weighted by atomic mass is 10.0. The van der Waals surface area contributed by atoms with Crippen LogP contribution in [0, 0.1) is 6.92 Å². The van der Waals surface area contributed by atoms with E-state index >= 15 is 0 Å². The summed E-state index contributed by atoms with van der Waals surface area (Å²) in [5, 5.41) is 13.9. The van der Waals surface area contributed by atoms with Gasteiger partial charge in [0.05, 0.1) is 17.3 Å². The third kappa shape index (κ3) is 5.08. The third-order valence-corrected chi connectivity index (χ3v) is 7.00. The van der Waals surface area contributed by atoms with Crippen molar-refractivity contribution in [3.05, 3.63) is 99.5 Å². The van der Waals surface area contributed by atoms with Gasteiger partial charge < -0.3 is 14.6 Å². The summed E-state index contributed by atoms with van der Waals surface area (Å²) >= 11 is 3.53. The monoisotopic (exact) mass is 586 g/mol.